The smallest absolute Gasteiger partial charge is 0.427 e. The van der Waals surface area contributed by atoms with Gasteiger partial charge in [-0.2, -0.15) is 0 Å². The lowest BCUT2D eigenvalue weighted by Gasteiger charge is -1.95. The van der Waals surface area contributed by atoms with Crippen molar-refractivity contribution in [2.24, 2.45) is 0 Å². The molecule has 0 saturated heterocycles. The molecule has 2 aromatic rings. The van der Waals surface area contributed by atoms with Gasteiger partial charge < -0.3 is 21.5 Å². The first-order valence-electron chi connectivity index (χ1n) is 7.90. The Morgan fingerprint density at radius 3 is 1.79 bits per heavy atom. The van der Waals surface area contributed by atoms with Crippen molar-refractivity contribution in [1.82, 2.24) is 9.97 Å². The van der Waals surface area contributed by atoms with Crippen LogP contribution in [0.1, 0.15) is 37.3 Å². The maximum absolute atomic E-state index is 8.25. The van der Waals surface area contributed by atoms with E-state index in [4.69, 9.17) is 21.5 Å². The van der Waals surface area contributed by atoms with E-state index in [1.807, 2.05) is 12.1 Å². The highest BCUT2D eigenvalue weighted by atomic mass is 79.9. The first kappa shape index (κ1) is 18.7. The van der Waals surface area contributed by atoms with Crippen LogP contribution in [-0.2, 0) is 0 Å². The summed E-state index contributed by atoms with van der Waals surface area (Å²) < 4.78 is 0.812. The molecule has 128 valence electrons. The minimum atomic E-state index is -1.04. The molecular formula is C16H22BBrN4O2. The monoisotopic (exact) mass is 392 g/mol. The standard InChI is InChI=1S/C8H10N2.C5H5BrN2.C3H7BO2/c9-7-3-4-8(10-5-7)6-1-2-6;6-5-2-1-4(7)3-8-5;5-4(6)3-1-2-3/h3-6H,1-2,9H2;1-3H,7H2;3,5-6H,1-2H2. The summed E-state index contributed by atoms with van der Waals surface area (Å²) in [5.41, 5.74) is 13.5. The Labute approximate surface area is 150 Å². The van der Waals surface area contributed by atoms with Crippen LogP contribution in [0.5, 0.6) is 0 Å². The molecule has 6 nitrogen and oxygen atoms in total. The van der Waals surface area contributed by atoms with Gasteiger partial charge in [-0.3, -0.25) is 4.98 Å². The molecule has 8 heteroatoms. The summed E-state index contributed by atoms with van der Waals surface area (Å²) in [6.07, 6.45) is 7.93. The van der Waals surface area contributed by atoms with Crippen LogP contribution in [0.15, 0.2) is 41.3 Å². The minimum absolute atomic E-state index is 0.213. The van der Waals surface area contributed by atoms with Crippen molar-refractivity contribution in [3.8, 4) is 0 Å². The Kier molecular flexibility index (Phi) is 7.02. The van der Waals surface area contributed by atoms with E-state index in [2.05, 4.69) is 25.9 Å². The van der Waals surface area contributed by atoms with Gasteiger partial charge in [-0.25, -0.2) is 4.98 Å². The van der Waals surface area contributed by atoms with E-state index in [1.165, 1.54) is 18.5 Å². The SMILES string of the molecule is Nc1ccc(Br)nc1.Nc1ccc(C2CC2)nc1.OB(O)C1CC1. The van der Waals surface area contributed by atoms with Crippen LogP contribution in [-0.4, -0.2) is 27.1 Å². The van der Waals surface area contributed by atoms with E-state index in [1.54, 1.807) is 24.5 Å². The highest BCUT2D eigenvalue weighted by molar-refractivity contribution is 9.10. The molecule has 2 aliphatic rings. The number of nitrogen functional groups attached to an aromatic ring is 2. The predicted molar refractivity (Wildman–Crippen MR) is 100 cm³/mol. The number of rotatable bonds is 2. The van der Waals surface area contributed by atoms with Crippen LogP contribution in [0.4, 0.5) is 11.4 Å². The second-order valence-electron chi connectivity index (χ2n) is 5.96. The van der Waals surface area contributed by atoms with Crippen molar-refractivity contribution in [2.45, 2.75) is 37.4 Å². The number of hydrogen-bond donors (Lipinski definition) is 4. The molecule has 0 aliphatic heterocycles. The van der Waals surface area contributed by atoms with Gasteiger partial charge in [0, 0.05) is 11.6 Å². The second-order valence-corrected chi connectivity index (χ2v) is 6.77. The largest absolute Gasteiger partial charge is 0.454 e. The minimum Gasteiger partial charge on any atom is -0.427 e. The third-order valence-electron chi connectivity index (χ3n) is 3.60. The second kappa shape index (κ2) is 9.01. The summed E-state index contributed by atoms with van der Waals surface area (Å²) >= 11 is 3.18. The molecule has 4 rings (SSSR count). The summed E-state index contributed by atoms with van der Waals surface area (Å²) in [7, 11) is -1.04. The average molecular weight is 393 g/mol. The lowest BCUT2D eigenvalue weighted by molar-refractivity contribution is 0.403. The Morgan fingerprint density at radius 2 is 1.50 bits per heavy atom. The molecule has 24 heavy (non-hydrogen) atoms. The zero-order chi connectivity index (χ0) is 17.5. The molecule has 2 fully saturated rings. The zero-order valence-electron chi connectivity index (χ0n) is 13.3. The van der Waals surface area contributed by atoms with Gasteiger partial charge in [0.05, 0.1) is 23.8 Å². The Bertz CT molecular complexity index is 596. The molecule has 0 bridgehead atoms. The Balaban J connectivity index is 0.000000135. The number of aromatic nitrogens is 2. The van der Waals surface area contributed by atoms with Crippen molar-refractivity contribution in [3.05, 3.63) is 47.0 Å². The molecule has 6 N–H and O–H groups in total. The number of hydrogen-bond acceptors (Lipinski definition) is 6. The molecule has 0 spiro atoms. The predicted octanol–water partition coefficient (Wildman–Crippen LogP) is 2.59. The van der Waals surface area contributed by atoms with Crippen molar-refractivity contribution < 1.29 is 10.0 Å². The molecule has 0 unspecified atom stereocenters. The maximum atomic E-state index is 8.25. The first-order chi connectivity index (χ1) is 11.5. The van der Waals surface area contributed by atoms with E-state index in [0.717, 1.165) is 29.1 Å². The van der Waals surface area contributed by atoms with Crippen LogP contribution in [0.2, 0.25) is 5.82 Å². The molecule has 0 atom stereocenters. The third kappa shape index (κ3) is 7.29. The van der Waals surface area contributed by atoms with Gasteiger partial charge in [0.2, 0.25) is 0 Å². The lowest BCUT2D eigenvalue weighted by Crippen LogP contribution is -2.09. The summed E-state index contributed by atoms with van der Waals surface area (Å²) in [6, 6.07) is 7.53. The fourth-order valence-corrected chi connectivity index (χ4v) is 2.05. The van der Waals surface area contributed by atoms with Crippen LogP contribution in [0.3, 0.4) is 0 Å². The van der Waals surface area contributed by atoms with Gasteiger partial charge in [0.1, 0.15) is 4.60 Å². The van der Waals surface area contributed by atoms with Crippen molar-refractivity contribution in [2.75, 3.05) is 11.5 Å². The number of nitrogens with two attached hydrogens (primary N) is 2. The van der Waals surface area contributed by atoms with E-state index in [0.29, 0.717) is 5.69 Å². The van der Waals surface area contributed by atoms with E-state index < -0.39 is 7.12 Å². The van der Waals surface area contributed by atoms with E-state index in [-0.39, 0.29) is 5.82 Å². The number of pyridine rings is 2. The topological polar surface area (TPSA) is 118 Å². The molecular weight excluding hydrogens is 371 g/mol. The molecule has 0 aromatic carbocycles. The highest BCUT2D eigenvalue weighted by Gasteiger charge is 2.33. The van der Waals surface area contributed by atoms with Crippen LogP contribution >= 0.6 is 15.9 Å². The van der Waals surface area contributed by atoms with Crippen LogP contribution in [0.25, 0.3) is 0 Å². The summed E-state index contributed by atoms with van der Waals surface area (Å²) in [4.78, 5) is 8.09. The zero-order valence-corrected chi connectivity index (χ0v) is 14.9. The van der Waals surface area contributed by atoms with Crippen LogP contribution in [0, 0.1) is 0 Å². The van der Waals surface area contributed by atoms with Crippen molar-refractivity contribution in [1.29, 1.82) is 0 Å². The normalized spacial score (nSPS) is 15.5. The summed E-state index contributed by atoms with van der Waals surface area (Å²) in [5, 5.41) is 16.5. The number of nitrogens with zero attached hydrogens (tertiary/aromatic N) is 2. The molecule has 0 radical (unpaired) electrons. The number of anilines is 2. The number of halogens is 1. The van der Waals surface area contributed by atoms with E-state index in [9.17, 15) is 0 Å². The highest BCUT2D eigenvalue weighted by Crippen LogP contribution is 2.38. The summed E-state index contributed by atoms with van der Waals surface area (Å²) in [6.45, 7) is 0. The van der Waals surface area contributed by atoms with Gasteiger partial charge in [-0.15, -0.1) is 0 Å². The molecule has 2 aromatic heterocycles. The molecule has 2 aliphatic carbocycles. The average Bonchev–Trinajstić information content (AvgIpc) is 3.43. The molecule has 2 heterocycles. The van der Waals surface area contributed by atoms with E-state index >= 15 is 0 Å². The third-order valence-corrected chi connectivity index (χ3v) is 4.07. The van der Waals surface area contributed by atoms with Crippen molar-refractivity contribution >= 4 is 34.4 Å². The summed E-state index contributed by atoms with van der Waals surface area (Å²) in [5.74, 6) is 0.950. The quantitative estimate of drug-likeness (QED) is 0.460. The van der Waals surface area contributed by atoms with Gasteiger partial charge in [0.25, 0.3) is 0 Å². The molecule has 0 amide bonds. The maximum Gasteiger partial charge on any atom is 0.454 e. The fourth-order valence-electron chi connectivity index (χ4n) is 1.82. The Hall–Kier alpha value is -1.64. The molecule has 2 saturated carbocycles. The van der Waals surface area contributed by atoms with Gasteiger partial charge >= 0.3 is 7.12 Å². The fraction of sp³-hybridized carbons (Fsp3) is 0.375. The lowest BCUT2D eigenvalue weighted by atomic mass is 9.84. The van der Waals surface area contributed by atoms with Gasteiger partial charge in [0.15, 0.2) is 0 Å². The van der Waals surface area contributed by atoms with Gasteiger partial charge in [-0.05, 0) is 58.9 Å². The Morgan fingerprint density at radius 1 is 0.917 bits per heavy atom. The van der Waals surface area contributed by atoms with Gasteiger partial charge in [-0.1, -0.05) is 12.8 Å². The van der Waals surface area contributed by atoms with Crippen LogP contribution < -0.4 is 11.5 Å². The first-order valence-corrected chi connectivity index (χ1v) is 8.69. The van der Waals surface area contributed by atoms with Crippen molar-refractivity contribution in [3.63, 3.8) is 0 Å².